The van der Waals surface area contributed by atoms with Crippen LogP contribution in [-0.2, 0) is 9.53 Å². The van der Waals surface area contributed by atoms with Gasteiger partial charge in [-0.2, -0.15) is 0 Å². The fraction of sp³-hybridized carbons (Fsp3) is 0.290. The number of para-hydroxylation sites is 1. The summed E-state index contributed by atoms with van der Waals surface area (Å²) in [5.74, 6) is -0.316. The van der Waals surface area contributed by atoms with E-state index in [1.165, 1.54) is 0 Å². The number of hydrogen-bond acceptors (Lipinski definition) is 5. The van der Waals surface area contributed by atoms with Crippen molar-refractivity contribution in [2.45, 2.75) is 44.4 Å². The molecule has 0 aliphatic carbocycles. The first-order valence-electron chi connectivity index (χ1n) is 12.3. The van der Waals surface area contributed by atoms with Gasteiger partial charge >= 0.3 is 5.97 Å². The van der Waals surface area contributed by atoms with Crippen LogP contribution in [0.1, 0.15) is 48.2 Å². The molecule has 0 radical (unpaired) electrons. The van der Waals surface area contributed by atoms with Crippen LogP contribution >= 0.6 is 0 Å². The highest BCUT2D eigenvalue weighted by Crippen LogP contribution is 2.52. The number of ketones is 1. The topological polar surface area (TPSA) is 64.6 Å². The second-order valence-corrected chi connectivity index (χ2v) is 10.5. The first-order valence-corrected chi connectivity index (χ1v) is 12.3. The zero-order chi connectivity index (χ0) is 25.3. The van der Waals surface area contributed by atoms with Crippen LogP contribution in [-0.4, -0.2) is 36.0 Å². The quantitative estimate of drug-likeness (QED) is 0.504. The maximum Gasteiger partial charge on any atom is 0.324 e. The van der Waals surface area contributed by atoms with Crippen LogP contribution in [0.15, 0.2) is 91.0 Å². The number of benzene rings is 3. The lowest BCUT2D eigenvalue weighted by atomic mass is 9.63. The number of carbonyl (C=O) groups excluding carboxylic acids is 2. The third-order valence-corrected chi connectivity index (χ3v) is 6.92. The zero-order valence-electron chi connectivity index (χ0n) is 20.8. The minimum Gasteiger partial charge on any atom is -0.492 e. The average molecular weight is 482 g/mol. The van der Waals surface area contributed by atoms with Crippen molar-refractivity contribution in [1.29, 1.82) is 0 Å². The number of fused-ring (bicyclic) bond motifs is 1. The maximum atomic E-state index is 14.4. The first-order chi connectivity index (χ1) is 17.3. The highest BCUT2D eigenvalue weighted by atomic mass is 16.6. The molecule has 3 aromatic carbocycles. The number of carbonyl (C=O) groups is 2. The van der Waals surface area contributed by atoms with Crippen LogP contribution in [0.3, 0.4) is 0 Å². The number of ether oxygens (including phenoxy) is 2. The minimum atomic E-state index is -1.04. The fourth-order valence-electron chi connectivity index (χ4n) is 5.40. The Hall–Kier alpha value is -3.70. The Labute approximate surface area is 212 Å². The molecule has 0 unspecified atom stereocenters. The molecule has 1 N–H and O–H groups in total. The van der Waals surface area contributed by atoms with Gasteiger partial charge in [-0.05, 0) is 44.0 Å². The van der Waals surface area contributed by atoms with Gasteiger partial charge in [0.1, 0.15) is 24.0 Å². The van der Waals surface area contributed by atoms with Gasteiger partial charge in [0.15, 0.2) is 5.78 Å². The van der Waals surface area contributed by atoms with E-state index >= 15 is 0 Å². The van der Waals surface area contributed by atoms with E-state index in [4.69, 9.17) is 9.47 Å². The summed E-state index contributed by atoms with van der Waals surface area (Å²) in [4.78, 5) is 28.0. The van der Waals surface area contributed by atoms with Gasteiger partial charge in [0.05, 0.1) is 11.0 Å². The van der Waals surface area contributed by atoms with Crippen molar-refractivity contribution < 1.29 is 19.1 Å². The van der Waals surface area contributed by atoms with E-state index in [-0.39, 0.29) is 18.4 Å². The third-order valence-electron chi connectivity index (χ3n) is 6.92. The highest BCUT2D eigenvalue weighted by Gasteiger charge is 2.63. The second-order valence-electron chi connectivity index (χ2n) is 10.5. The minimum absolute atomic E-state index is 0.0283. The van der Waals surface area contributed by atoms with Crippen LogP contribution in [0.2, 0.25) is 0 Å². The van der Waals surface area contributed by atoms with Crippen molar-refractivity contribution in [3.8, 4) is 5.75 Å². The van der Waals surface area contributed by atoms with Crippen molar-refractivity contribution in [3.05, 3.63) is 108 Å². The summed E-state index contributed by atoms with van der Waals surface area (Å²) in [7, 11) is 0. The molecular formula is C31H31NO4. The summed E-state index contributed by atoms with van der Waals surface area (Å²) in [6.07, 6.45) is 3.98. The maximum absolute atomic E-state index is 14.4. The van der Waals surface area contributed by atoms with E-state index < -0.39 is 29.0 Å². The molecule has 1 fully saturated rings. The monoisotopic (exact) mass is 481 g/mol. The Kier molecular flexibility index (Phi) is 6.27. The molecule has 3 aromatic rings. The van der Waals surface area contributed by atoms with Crippen LogP contribution in [0.5, 0.6) is 5.75 Å². The predicted molar refractivity (Wildman–Crippen MR) is 140 cm³/mol. The van der Waals surface area contributed by atoms with Crippen molar-refractivity contribution in [2.24, 2.45) is 5.41 Å². The molecule has 5 rings (SSSR count). The number of rotatable bonds is 4. The summed E-state index contributed by atoms with van der Waals surface area (Å²) in [5, 5.41) is 3.49. The van der Waals surface area contributed by atoms with Crippen molar-refractivity contribution in [3.63, 3.8) is 0 Å². The largest absolute Gasteiger partial charge is 0.492 e. The average Bonchev–Trinajstić information content (AvgIpc) is 3.20. The first kappa shape index (κ1) is 24.0. The lowest BCUT2D eigenvalue weighted by molar-refractivity contribution is -0.157. The molecule has 0 bridgehead atoms. The van der Waals surface area contributed by atoms with Gasteiger partial charge in [0, 0.05) is 12.0 Å². The van der Waals surface area contributed by atoms with E-state index in [1.807, 2.05) is 112 Å². The van der Waals surface area contributed by atoms with Crippen molar-refractivity contribution in [2.75, 3.05) is 6.61 Å². The Morgan fingerprint density at radius 2 is 1.61 bits per heavy atom. The van der Waals surface area contributed by atoms with Crippen LogP contribution in [0.4, 0.5) is 0 Å². The Balaban J connectivity index is 1.66. The fourth-order valence-corrected chi connectivity index (χ4v) is 5.40. The second kappa shape index (κ2) is 9.40. The number of hydrogen-bond donors (Lipinski definition) is 1. The van der Waals surface area contributed by atoms with Crippen LogP contribution < -0.4 is 10.1 Å². The van der Waals surface area contributed by atoms with Gasteiger partial charge in [-0.1, -0.05) is 84.9 Å². The van der Waals surface area contributed by atoms with E-state index in [0.29, 0.717) is 11.3 Å². The normalized spacial score (nSPS) is 25.5. The van der Waals surface area contributed by atoms with Crippen molar-refractivity contribution >= 4 is 17.8 Å². The van der Waals surface area contributed by atoms with E-state index in [0.717, 1.165) is 11.1 Å². The zero-order valence-corrected chi connectivity index (χ0v) is 20.8. The van der Waals surface area contributed by atoms with Gasteiger partial charge in [-0.25, -0.2) is 0 Å². The molecule has 0 amide bonds. The molecule has 5 nitrogen and oxygen atoms in total. The van der Waals surface area contributed by atoms with E-state index in [9.17, 15) is 9.59 Å². The summed E-state index contributed by atoms with van der Waals surface area (Å²) >= 11 is 0. The molecular weight excluding hydrogens is 450 g/mol. The standard InChI is InChI=1S/C31H31NO4/c1-30(2,3)36-29(34)27-26(22-14-8-5-9-15-22)31(20-35-24-17-11-10-16-23(24)28(31)33)25(32-27)19-18-21-12-6-4-7-13-21/h4-19,25-27,32H,20H2,1-3H3/b19-18+/t25-,26+,27-,31+/m0/s1. The molecule has 36 heavy (non-hydrogen) atoms. The Bertz CT molecular complexity index is 1280. The number of Topliss-reactive ketones (excluding diaryl/α,β-unsaturated/α-hetero) is 1. The van der Waals surface area contributed by atoms with E-state index in [1.54, 1.807) is 6.07 Å². The molecule has 2 aliphatic heterocycles. The molecule has 0 saturated carbocycles. The van der Waals surface area contributed by atoms with Gasteiger partial charge in [0.2, 0.25) is 0 Å². The Morgan fingerprint density at radius 3 is 2.31 bits per heavy atom. The molecule has 0 aromatic heterocycles. The SMILES string of the molecule is CC(C)(C)OC(=O)[C@H]1N[C@@H](/C=C/c2ccccc2)[C@]2(COc3ccccc3C2=O)[C@@H]1c1ccccc1. The van der Waals surface area contributed by atoms with Crippen LogP contribution in [0.25, 0.3) is 6.08 Å². The third kappa shape index (κ3) is 4.35. The van der Waals surface area contributed by atoms with Gasteiger partial charge in [0.25, 0.3) is 0 Å². The predicted octanol–water partition coefficient (Wildman–Crippen LogP) is 5.43. The van der Waals surface area contributed by atoms with Gasteiger partial charge in [-0.3, -0.25) is 14.9 Å². The highest BCUT2D eigenvalue weighted by molar-refractivity contribution is 6.06. The molecule has 4 atom stereocenters. The van der Waals surface area contributed by atoms with E-state index in [2.05, 4.69) is 5.32 Å². The summed E-state index contributed by atoms with van der Waals surface area (Å²) in [6.45, 7) is 5.71. The molecule has 1 saturated heterocycles. The molecule has 2 aliphatic rings. The summed E-state index contributed by atoms with van der Waals surface area (Å²) < 4.78 is 12.1. The lowest BCUT2D eigenvalue weighted by Gasteiger charge is -2.41. The lowest BCUT2D eigenvalue weighted by Crippen LogP contribution is -2.51. The summed E-state index contributed by atoms with van der Waals surface area (Å²) in [6, 6.07) is 25.8. The number of nitrogens with one attached hydrogen (secondary N) is 1. The number of esters is 1. The molecule has 2 heterocycles. The van der Waals surface area contributed by atoms with Crippen molar-refractivity contribution in [1.82, 2.24) is 5.32 Å². The Morgan fingerprint density at radius 1 is 0.972 bits per heavy atom. The van der Waals surface area contributed by atoms with Gasteiger partial charge < -0.3 is 9.47 Å². The summed E-state index contributed by atoms with van der Waals surface area (Å²) in [5.41, 5.74) is 0.742. The molecule has 1 spiro atoms. The smallest absolute Gasteiger partial charge is 0.324 e. The van der Waals surface area contributed by atoms with Gasteiger partial charge in [-0.15, -0.1) is 0 Å². The molecule has 5 heteroatoms. The van der Waals surface area contributed by atoms with Crippen LogP contribution in [0, 0.1) is 5.41 Å². The molecule has 184 valence electrons.